The molecular weight excluding hydrogens is 315 g/mol. The van der Waals surface area contributed by atoms with Crippen molar-refractivity contribution < 1.29 is 18.0 Å². The molecule has 0 radical (unpaired) electrons. The number of nitrogens with one attached hydrogen (secondary N) is 1. The van der Waals surface area contributed by atoms with Gasteiger partial charge in [-0.2, -0.15) is 13.2 Å². The molecule has 2 aromatic carbocycles. The minimum atomic E-state index is -4.48. The summed E-state index contributed by atoms with van der Waals surface area (Å²) in [6, 6.07) is 12.2. The number of alkyl halides is 3. The number of hydrogen-bond donors (Lipinski definition) is 1. The average molecular weight is 328 g/mol. The Hall–Kier alpha value is -2.01. The third-order valence-corrected chi connectivity index (χ3v) is 3.38. The number of amides is 1. The highest BCUT2D eigenvalue weighted by atomic mass is 35.5. The number of rotatable bonds is 4. The van der Waals surface area contributed by atoms with E-state index in [0.29, 0.717) is 6.42 Å². The lowest BCUT2D eigenvalue weighted by atomic mass is 10.1. The molecule has 2 nitrogen and oxygen atoms in total. The van der Waals surface area contributed by atoms with Crippen molar-refractivity contribution in [3.63, 3.8) is 0 Å². The summed E-state index contributed by atoms with van der Waals surface area (Å²) >= 11 is 5.83. The molecule has 0 aromatic heterocycles. The van der Waals surface area contributed by atoms with Crippen molar-refractivity contribution in [1.29, 1.82) is 0 Å². The smallest absolute Gasteiger partial charge is 0.325 e. The molecule has 0 heterocycles. The van der Waals surface area contributed by atoms with Gasteiger partial charge < -0.3 is 5.32 Å². The van der Waals surface area contributed by atoms with Crippen molar-refractivity contribution in [2.75, 3.05) is 5.32 Å². The first-order chi connectivity index (χ1) is 10.4. The van der Waals surface area contributed by atoms with E-state index in [4.69, 9.17) is 11.6 Å². The molecule has 0 spiro atoms. The molecule has 2 rings (SSSR count). The van der Waals surface area contributed by atoms with Crippen LogP contribution in [0.1, 0.15) is 17.5 Å². The van der Waals surface area contributed by atoms with Gasteiger partial charge in [0.1, 0.15) is 0 Å². The molecule has 0 fully saturated rings. The van der Waals surface area contributed by atoms with Crippen LogP contribution in [0.3, 0.4) is 0 Å². The van der Waals surface area contributed by atoms with E-state index < -0.39 is 11.7 Å². The van der Waals surface area contributed by atoms with Gasteiger partial charge >= 0.3 is 6.18 Å². The molecular formula is C16H13ClF3NO. The van der Waals surface area contributed by atoms with Gasteiger partial charge in [0.2, 0.25) is 5.91 Å². The monoisotopic (exact) mass is 327 g/mol. The highest BCUT2D eigenvalue weighted by Crippen LogP contribution is 2.33. The Kier molecular flexibility index (Phi) is 5.08. The second-order valence-corrected chi connectivity index (χ2v) is 5.13. The lowest BCUT2D eigenvalue weighted by Crippen LogP contribution is -2.14. The van der Waals surface area contributed by atoms with Crippen LogP contribution in [-0.4, -0.2) is 5.91 Å². The first-order valence-corrected chi connectivity index (χ1v) is 6.94. The highest BCUT2D eigenvalue weighted by Gasteiger charge is 2.31. The van der Waals surface area contributed by atoms with Gasteiger partial charge in [-0.25, -0.2) is 0 Å². The van der Waals surface area contributed by atoms with Crippen LogP contribution in [0.25, 0.3) is 0 Å². The zero-order valence-electron chi connectivity index (χ0n) is 11.5. The molecule has 1 amide bonds. The van der Waals surface area contributed by atoms with Crippen molar-refractivity contribution >= 4 is 23.2 Å². The topological polar surface area (TPSA) is 29.1 Å². The quantitative estimate of drug-likeness (QED) is 0.847. The molecule has 0 aliphatic heterocycles. The van der Waals surface area contributed by atoms with Crippen LogP contribution in [0.2, 0.25) is 5.02 Å². The fourth-order valence-electron chi connectivity index (χ4n) is 1.91. The first-order valence-electron chi connectivity index (χ1n) is 6.57. The Balaban J connectivity index is 2.02. The van der Waals surface area contributed by atoms with Crippen LogP contribution < -0.4 is 5.32 Å². The third kappa shape index (κ3) is 4.49. The van der Waals surface area contributed by atoms with Gasteiger partial charge in [-0.05, 0) is 30.2 Å². The lowest BCUT2D eigenvalue weighted by molar-refractivity contribution is -0.137. The van der Waals surface area contributed by atoms with E-state index in [9.17, 15) is 18.0 Å². The molecule has 1 N–H and O–H groups in total. The minimum absolute atomic E-state index is 0.0328. The molecule has 6 heteroatoms. The number of aryl methyl sites for hydroxylation is 1. The van der Waals surface area contributed by atoms with E-state index in [-0.39, 0.29) is 23.0 Å². The van der Waals surface area contributed by atoms with Gasteiger partial charge in [-0.1, -0.05) is 41.9 Å². The summed E-state index contributed by atoms with van der Waals surface area (Å²) in [5.74, 6) is -0.384. The molecule has 0 saturated carbocycles. The molecule has 0 atom stereocenters. The predicted molar refractivity (Wildman–Crippen MR) is 79.8 cm³/mol. The number of carbonyl (C=O) groups is 1. The summed E-state index contributed by atoms with van der Waals surface area (Å²) < 4.78 is 38.0. The summed E-state index contributed by atoms with van der Waals surface area (Å²) in [5.41, 5.74) is 0.0950. The van der Waals surface area contributed by atoms with Crippen LogP contribution in [-0.2, 0) is 17.4 Å². The average Bonchev–Trinajstić information content (AvgIpc) is 2.47. The molecule has 22 heavy (non-hydrogen) atoms. The van der Waals surface area contributed by atoms with Gasteiger partial charge in [0.25, 0.3) is 0 Å². The second kappa shape index (κ2) is 6.83. The summed E-state index contributed by atoms with van der Waals surface area (Å²) in [7, 11) is 0. The summed E-state index contributed by atoms with van der Waals surface area (Å²) in [6.45, 7) is 0. The van der Waals surface area contributed by atoms with Crippen LogP contribution in [0.5, 0.6) is 0 Å². The summed E-state index contributed by atoms with van der Waals surface area (Å²) in [5, 5.41) is 2.49. The van der Waals surface area contributed by atoms with E-state index in [1.807, 2.05) is 30.3 Å². The van der Waals surface area contributed by atoms with Crippen molar-refractivity contribution in [1.82, 2.24) is 0 Å². The Labute approximate surface area is 130 Å². The first kappa shape index (κ1) is 16.4. The maximum atomic E-state index is 12.7. The Morgan fingerprint density at radius 2 is 1.77 bits per heavy atom. The van der Waals surface area contributed by atoms with Gasteiger partial charge in [0.05, 0.1) is 16.3 Å². The number of halogens is 4. The largest absolute Gasteiger partial charge is 0.416 e. The highest BCUT2D eigenvalue weighted by molar-refractivity contribution is 6.33. The van der Waals surface area contributed by atoms with Crippen molar-refractivity contribution in [2.24, 2.45) is 0 Å². The summed E-state index contributed by atoms with van der Waals surface area (Å²) in [6.07, 6.45) is -3.81. The van der Waals surface area contributed by atoms with Crippen LogP contribution >= 0.6 is 11.6 Å². The van der Waals surface area contributed by atoms with Crippen LogP contribution in [0.15, 0.2) is 48.5 Å². The standard InChI is InChI=1S/C16H13ClF3NO/c17-13-8-7-12(16(18,19)20)10-14(13)21-15(22)9-6-11-4-2-1-3-5-11/h1-5,7-8,10H,6,9H2,(H,21,22). The fourth-order valence-corrected chi connectivity index (χ4v) is 2.08. The lowest BCUT2D eigenvalue weighted by Gasteiger charge is -2.11. The van der Waals surface area contributed by atoms with Gasteiger partial charge in [-0.15, -0.1) is 0 Å². The van der Waals surface area contributed by atoms with Crippen LogP contribution in [0.4, 0.5) is 18.9 Å². The molecule has 0 aliphatic rings. The van der Waals surface area contributed by atoms with E-state index in [1.54, 1.807) is 0 Å². The molecule has 0 unspecified atom stereocenters. The maximum absolute atomic E-state index is 12.7. The van der Waals surface area contributed by atoms with Gasteiger partial charge in [0, 0.05) is 6.42 Å². The third-order valence-electron chi connectivity index (χ3n) is 3.05. The van der Waals surface area contributed by atoms with Crippen molar-refractivity contribution in [3.8, 4) is 0 Å². The SMILES string of the molecule is O=C(CCc1ccccc1)Nc1cc(C(F)(F)F)ccc1Cl. The molecule has 2 aromatic rings. The van der Waals surface area contributed by atoms with Crippen molar-refractivity contribution in [3.05, 3.63) is 64.7 Å². The van der Waals surface area contributed by atoms with E-state index in [2.05, 4.69) is 5.32 Å². The Morgan fingerprint density at radius 3 is 2.41 bits per heavy atom. The number of hydrogen-bond acceptors (Lipinski definition) is 1. The van der Waals surface area contributed by atoms with Gasteiger partial charge in [-0.3, -0.25) is 4.79 Å². The van der Waals surface area contributed by atoms with Crippen LogP contribution in [0, 0.1) is 0 Å². The van der Waals surface area contributed by atoms with E-state index >= 15 is 0 Å². The zero-order valence-corrected chi connectivity index (χ0v) is 12.2. The number of anilines is 1. The fraction of sp³-hybridized carbons (Fsp3) is 0.188. The maximum Gasteiger partial charge on any atom is 0.416 e. The molecule has 0 aliphatic carbocycles. The number of benzene rings is 2. The van der Waals surface area contributed by atoms with E-state index in [1.165, 1.54) is 0 Å². The van der Waals surface area contributed by atoms with Crippen molar-refractivity contribution in [2.45, 2.75) is 19.0 Å². The summed E-state index contributed by atoms with van der Waals surface area (Å²) in [4.78, 5) is 11.8. The molecule has 116 valence electrons. The van der Waals surface area contributed by atoms with Gasteiger partial charge in [0.15, 0.2) is 0 Å². The molecule has 0 bridgehead atoms. The zero-order chi connectivity index (χ0) is 16.2. The van der Waals surface area contributed by atoms with E-state index in [0.717, 1.165) is 23.8 Å². The predicted octanol–water partition coefficient (Wildman–Crippen LogP) is 4.93. The normalized spacial score (nSPS) is 11.3. The number of carbonyl (C=O) groups excluding carboxylic acids is 1. The minimum Gasteiger partial charge on any atom is -0.325 e. The molecule has 0 saturated heterocycles. The second-order valence-electron chi connectivity index (χ2n) is 4.73. The Morgan fingerprint density at radius 1 is 1.09 bits per heavy atom. The Bertz CT molecular complexity index is 656.